The Hall–Kier alpha value is -1.45. The fourth-order valence-electron chi connectivity index (χ4n) is 3.13. The van der Waals surface area contributed by atoms with E-state index in [2.05, 4.69) is 5.32 Å². The van der Waals surface area contributed by atoms with Crippen molar-refractivity contribution in [1.82, 2.24) is 0 Å². The van der Waals surface area contributed by atoms with E-state index in [0.717, 1.165) is 11.8 Å². The quantitative estimate of drug-likeness (QED) is 0.823. The van der Waals surface area contributed by atoms with E-state index in [4.69, 9.17) is 9.52 Å². The number of carboxylic acid groups (broad SMARTS) is 1. The maximum atomic E-state index is 10.7. The summed E-state index contributed by atoms with van der Waals surface area (Å²) in [7, 11) is 0. The van der Waals surface area contributed by atoms with Crippen LogP contribution in [0.1, 0.15) is 36.2 Å². The van der Waals surface area contributed by atoms with Gasteiger partial charge in [-0.15, -0.1) is 0 Å². The minimum Gasteiger partial charge on any atom is -0.475 e. The van der Waals surface area contributed by atoms with E-state index in [1.165, 1.54) is 31.7 Å². The van der Waals surface area contributed by atoms with Gasteiger partial charge in [0, 0.05) is 12.1 Å². The zero-order valence-electron chi connectivity index (χ0n) is 8.98. The normalized spacial score (nSPS) is 31.9. The highest BCUT2D eigenvalue weighted by atomic mass is 16.4. The van der Waals surface area contributed by atoms with Crippen molar-refractivity contribution < 1.29 is 14.3 Å². The lowest BCUT2D eigenvalue weighted by atomic mass is 9.95. The lowest BCUT2D eigenvalue weighted by Crippen LogP contribution is -2.25. The Labute approximate surface area is 93.6 Å². The fourth-order valence-corrected chi connectivity index (χ4v) is 3.13. The molecule has 2 saturated carbocycles. The molecule has 3 atom stereocenters. The smallest absolute Gasteiger partial charge is 0.371 e. The van der Waals surface area contributed by atoms with Crippen LogP contribution in [0.15, 0.2) is 16.5 Å². The lowest BCUT2D eigenvalue weighted by molar-refractivity contribution is 0.0663. The molecule has 16 heavy (non-hydrogen) atoms. The average molecular weight is 221 g/mol. The molecule has 3 unspecified atom stereocenters. The SMILES string of the molecule is O=C(O)c1ccc(NC2CC3CCC2C3)o1. The Kier molecular flexibility index (Phi) is 2.16. The van der Waals surface area contributed by atoms with Gasteiger partial charge in [-0.1, -0.05) is 6.42 Å². The summed E-state index contributed by atoms with van der Waals surface area (Å²) in [5, 5.41) is 12.1. The van der Waals surface area contributed by atoms with Crippen LogP contribution in [0.4, 0.5) is 5.88 Å². The number of carbonyl (C=O) groups is 1. The molecule has 0 spiro atoms. The molecular formula is C12H15NO3. The van der Waals surface area contributed by atoms with Gasteiger partial charge in [0.2, 0.25) is 5.76 Å². The van der Waals surface area contributed by atoms with Gasteiger partial charge in [0.25, 0.3) is 0 Å². The average Bonchev–Trinajstić information content (AvgIpc) is 2.91. The Morgan fingerprint density at radius 1 is 1.38 bits per heavy atom. The summed E-state index contributed by atoms with van der Waals surface area (Å²) >= 11 is 0. The van der Waals surface area contributed by atoms with Gasteiger partial charge in [0.15, 0.2) is 5.88 Å². The summed E-state index contributed by atoms with van der Waals surface area (Å²) in [5.74, 6) is 1.21. The van der Waals surface area contributed by atoms with Crippen LogP contribution in [-0.2, 0) is 0 Å². The Morgan fingerprint density at radius 3 is 2.81 bits per heavy atom. The molecule has 1 heterocycles. The van der Waals surface area contributed by atoms with E-state index < -0.39 is 5.97 Å². The molecular weight excluding hydrogens is 206 g/mol. The molecule has 2 aliphatic carbocycles. The molecule has 3 rings (SSSR count). The predicted molar refractivity (Wildman–Crippen MR) is 58.5 cm³/mol. The number of aromatic carboxylic acids is 1. The molecule has 0 saturated heterocycles. The third-order valence-corrected chi connectivity index (χ3v) is 3.88. The molecule has 1 aromatic heterocycles. The molecule has 0 aliphatic heterocycles. The maximum Gasteiger partial charge on any atom is 0.371 e. The lowest BCUT2D eigenvalue weighted by Gasteiger charge is -2.22. The monoisotopic (exact) mass is 221 g/mol. The first kappa shape index (κ1) is 9.75. The number of carboxylic acids is 1. The van der Waals surface area contributed by atoms with Crippen molar-refractivity contribution in [1.29, 1.82) is 0 Å². The Bertz CT molecular complexity index is 412. The minimum atomic E-state index is -1.01. The first-order chi connectivity index (χ1) is 7.72. The van der Waals surface area contributed by atoms with Gasteiger partial charge in [-0.05, 0) is 37.2 Å². The number of rotatable bonds is 3. The van der Waals surface area contributed by atoms with Gasteiger partial charge < -0.3 is 14.8 Å². The highest BCUT2D eigenvalue weighted by molar-refractivity contribution is 5.84. The van der Waals surface area contributed by atoms with Gasteiger partial charge >= 0.3 is 5.97 Å². The van der Waals surface area contributed by atoms with Gasteiger partial charge in [-0.25, -0.2) is 4.79 Å². The van der Waals surface area contributed by atoms with Crippen LogP contribution in [0.2, 0.25) is 0 Å². The number of furan rings is 1. The molecule has 0 amide bonds. The summed E-state index contributed by atoms with van der Waals surface area (Å²) in [6.07, 6.45) is 5.19. The topological polar surface area (TPSA) is 62.5 Å². The molecule has 1 aromatic rings. The van der Waals surface area contributed by atoms with Crippen molar-refractivity contribution in [2.45, 2.75) is 31.7 Å². The zero-order valence-corrected chi connectivity index (χ0v) is 8.98. The van der Waals surface area contributed by atoms with Crippen molar-refractivity contribution in [2.75, 3.05) is 5.32 Å². The van der Waals surface area contributed by atoms with Crippen LogP contribution in [0, 0.1) is 11.8 Å². The highest BCUT2D eigenvalue weighted by Crippen LogP contribution is 2.45. The van der Waals surface area contributed by atoms with Crippen molar-refractivity contribution in [3.8, 4) is 0 Å². The molecule has 0 aromatic carbocycles. The second kappa shape index (κ2) is 3.54. The largest absolute Gasteiger partial charge is 0.475 e. The van der Waals surface area contributed by atoms with E-state index in [1.807, 2.05) is 0 Å². The minimum absolute atomic E-state index is 0.00524. The molecule has 2 fully saturated rings. The number of hydrogen-bond acceptors (Lipinski definition) is 3. The van der Waals surface area contributed by atoms with Gasteiger partial charge in [0.05, 0.1) is 0 Å². The predicted octanol–water partition coefficient (Wildman–Crippen LogP) is 2.58. The van der Waals surface area contributed by atoms with Crippen molar-refractivity contribution >= 4 is 11.9 Å². The van der Waals surface area contributed by atoms with Crippen molar-refractivity contribution in [3.63, 3.8) is 0 Å². The van der Waals surface area contributed by atoms with E-state index >= 15 is 0 Å². The second-order valence-corrected chi connectivity index (χ2v) is 4.89. The molecule has 2 bridgehead atoms. The number of anilines is 1. The summed E-state index contributed by atoms with van der Waals surface area (Å²) in [6.45, 7) is 0. The molecule has 2 N–H and O–H groups in total. The molecule has 4 heteroatoms. The van der Waals surface area contributed by atoms with E-state index in [1.54, 1.807) is 6.07 Å². The molecule has 0 radical (unpaired) electrons. The van der Waals surface area contributed by atoms with E-state index in [-0.39, 0.29) is 5.76 Å². The standard InChI is InChI=1S/C12H15NO3/c14-12(15)10-3-4-11(16-10)13-9-6-7-1-2-8(9)5-7/h3-4,7-9,13H,1-2,5-6H2,(H,14,15). The third kappa shape index (κ3) is 1.58. The molecule has 86 valence electrons. The summed E-state index contributed by atoms with van der Waals surface area (Å²) in [5.41, 5.74) is 0. The number of fused-ring (bicyclic) bond motifs is 2. The highest BCUT2D eigenvalue weighted by Gasteiger charge is 2.39. The van der Waals surface area contributed by atoms with E-state index in [9.17, 15) is 4.79 Å². The molecule has 4 nitrogen and oxygen atoms in total. The fraction of sp³-hybridized carbons (Fsp3) is 0.583. The summed E-state index contributed by atoms with van der Waals surface area (Å²) < 4.78 is 5.20. The Balaban J connectivity index is 1.68. The third-order valence-electron chi connectivity index (χ3n) is 3.88. The van der Waals surface area contributed by atoms with Crippen LogP contribution in [0.5, 0.6) is 0 Å². The first-order valence-electron chi connectivity index (χ1n) is 5.82. The second-order valence-electron chi connectivity index (χ2n) is 4.89. The summed E-state index contributed by atoms with van der Waals surface area (Å²) in [4.78, 5) is 10.7. The van der Waals surface area contributed by atoms with Crippen LogP contribution >= 0.6 is 0 Å². The number of hydrogen-bond donors (Lipinski definition) is 2. The Morgan fingerprint density at radius 2 is 2.25 bits per heavy atom. The van der Waals surface area contributed by atoms with Gasteiger partial charge in [0.1, 0.15) is 0 Å². The molecule has 2 aliphatic rings. The van der Waals surface area contributed by atoms with Crippen LogP contribution in [0.25, 0.3) is 0 Å². The van der Waals surface area contributed by atoms with E-state index in [0.29, 0.717) is 11.9 Å². The van der Waals surface area contributed by atoms with Gasteiger partial charge in [-0.2, -0.15) is 0 Å². The van der Waals surface area contributed by atoms with Crippen molar-refractivity contribution in [3.05, 3.63) is 17.9 Å². The van der Waals surface area contributed by atoms with Crippen LogP contribution in [0.3, 0.4) is 0 Å². The summed E-state index contributed by atoms with van der Waals surface area (Å²) in [6, 6.07) is 3.68. The number of nitrogens with one attached hydrogen (secondary N) is 1. The van der Waals surface area contributed by atoms with Gasteiger partial charge in [-0.3, -0.25) is 0 Å². The van der Waals surface area contributed by atoms with Crippen molar-refractivity contribution in [2.24, 2.45) is 11.8 Å². The van der Waals surface area contributed by atoms with Crippen LogP contribution in [-0.4, -0.2) is 17.1 Å². The zero-order chi connectivity index (χ0) is 11.1. The van der Waals surface area contributed by atoms with Crippen LogP contribution < -0.4 is 5.32 Å². The maximum absolute atomic E-state index is 10.7. The first-order valence-corrected chi connectivity index (χ1v) is 5.82.